The van der Waals surface area contributed by atoms with Gasteiger partial charge in [0, 0.05) is 31.2 Å². The molecule has 6 nitrogen and oxygen atoms in total. The van der Waals surface area contributed by atoms with Crippen LogP contribution in [0.5, 0.6) is 0 Å². The number of carbonyl (C=O) groups excluding carboxylic acids is 2. The van der Waals surface area contributed by atoms with Gasteiger partial charge in [0.05, 0.1) is 33.8 Å². The largest absolute Gasteiger partial charge is 0.397 e. The van der Waals surface area contributed by atoms with E-state index in [9.17, 15) is 9.59 Å². The van der Waals surface area contributed by atoms with Crippen LogP contribution in [0.2, 0.25) is 0 Å². The number of Topliss-reactive ketones (excluding diaryl/α,β-unsaturated/α-hetero) is 2. The van der Waals surface area contributed by atoms with Crippen molar-refractivity contribution in [1.82, 2.24) is 9.97 Å². The summed E-state index contributed by atoms with van der Waals surface area (Å²) in [5, 5.41) is 0. The number of fused-ring (bicyclic) bond motifs is 1. The van der Waals surface area contributed by atoms with Crippen molar-refractivity contribution in [2.24, 2.45) is 0 Å². The standard InChI is InChI=1S/C20H13BrN2.C14H9BrO2.C6H8N2/c21-16-12-10-15(11-13-16)20-19(14-6-2-1-3-7-14)22-17-8-4-5-9-18(17)23-20;15-12-8-6-11(7-9-12)14(17)13(16)10-4-2-1-3-5-10;7-5-3-1-2-4-6(5)8/h1-13H;1-9H;1-4H,7-8H2. The highest BCUT2D eigenvalue weighted by Crippen LogP contribution is 2.31. The molecule has 7 rings (SSSR count). The van der Waals surface area contributed by atoms with Gasteiger partial charge in [-0.05, 0) is 60.7 Å². The molecule has 0 aliphatic carbocycles. The Balaban J connectivity index is 0.000000158. The quantitative estimate of drug-likeness (QED) is 0.103. The van der Waals surface area contributed by atoms with Crippen molar-refractivity contribution >= 4 is 65.8 Å². The fourth-order valence-electron chi connectivity index (χ4n) is 4.57. The lowest BCUT2D eigenvalue weighted by atomic mass is 10.0. The van der Waals surface area contributed by atoms with E-state index in [0.29, 0.717) is 22.5 Å². The summed E-state index contributed by atoms with van der Waals surface area (Å²) in [6.45, 7) is 0. The number of benzene rings is 6. The van der Waals surface area contributed by atoms with Gasteiger partial charge in [0.1, 0.15) is 0 Å². The van der Waals surface area contributed by atoms with Gasteiger partial charge >= 0.3 is 0 Å². The lowest BCUT2D eigenvalue weighted by Crippen LogP contribution is -2.14. The summed E-state index contributed by atoms with van der Waals surface area (Å²) in [4.78, 5) is 33.5. The number of nitrogens with zero attached hydrogens (tertiary/aromatic N) is 2. The number of hydrogen-bond donors (Lipinski definition) is 2. The second kappa shape index (κ2) is 16.4. The Hall–Kier alpha value is -5.44. The van der Waals surface area contributed by atoms with Gasteiger partial charge in [-0.3, -0.25) is 9.59 Å². The first-order chi connectivity index (χ1) is 23.3. The SMILES string of the molecule is Brc1ccc(-c2nc3ccccc3nc2-c2ccccc2)cc1.Nc1ccccc1N.O=C(C(=O)c1ccc(Br)cc1)c1ccccc1. The highest BCUT2D eigenvalue weighted by molar-refractivity contribution is 9.10. The number of halogens is 2. The fraction of sp³-hybridized carbons (Fsp3) is 0. The summed E-state index contributed by atoms with van der Waals surface area (Å²) in [5.41, 5.74) is 18.7. The lowest BCUT2D eigenvalue weighted by molar-refractivity contribution is 0.0817. The highest BCUT2D eigenvalue weighted by atomic mass is 79.9. The maximum absolute atomic E-state index is 11.9. The van der Waals surface area contributed by atoms with Crippen LogP contribution in [0, 0.1) is 0 Å². The Morgan fingerprint density at radius 2 is 0.771 bits per heavy atom. The number of hydrogen-bond acceptors (Lipinski definition) is 6. The highest BCUT2D eigenvalue weighted by Gasteiger charge is 2.17. The van der Waals surface area contributed by atoms with Crippen molar-refractivity contribution < 1.29 is 9.59 Å². The van der Waals surface area contributed by atoms with E-state index in [2.05, 4.69) is 56.1 Å². The predicted molar refractivity (Wildman–Crippen MR) is 203 cm³/mol. The maximum atomic E-state index is 11.9. The van der Waals surface area contributed by atoms with E-state index in [1.807, 2.05) is 66.7 Å². The summed E-state index contributed by atoms with van der Waals surface area (Å²) in [6, 6.07) is 48.9. The van der Waals surface area contributed by atoms with Crippen molar-refractivity contribution in [3.63, 3.8) is 0 Å². The van der Waals surface area contributed by atoms with E-state index in [-0.39, 0.29) is 0 Å². The van der Waals surface area contributed by atoms with Gasteiger partial charge in [0.15, 0.2) is 0 Å². The van der Waals surface area contributed by atoms with Gasteiger partial charge in [0.2, 0.25) is 11.6 Å². The zero-order valence-corrected chi connectivity index (χ0v) is 28.8. The molecule has 8 heteroatoms. The smallest absolute Gasteiger partial charge is 0.233 e. The predicted octanol–water partition coefficient (Wildman–Crippen LogP) is 10.1. The van der Waals surface area contributed by atoms with Crippen LogP contribution in [0.3, 0.4) is 0 Å². The molecular weight excluding hydrogens is 728 g/mol. The zero-order chi connectivity index (χ0) is 33.9. The molecule has 0 saturated carbocycles. The minimum Gasteiger partial charge on any atom is -0.397 e. The summed E-state index contributed by atoms with van der Waals surface area (Å²) in [7, 11) is 0. The number of aromatic nitrogens is 2. The van der Waals surface area contributed by atoms with Crippen molar-refractivity contribution in [2.75, 3.05) is 11.5 Å². The third-order valence-corrected chi connectivity index (χ3v) is 8.14. The van der Waals surface area contributed by atoms with Crippen LogP contribution >= 0.6 is 31.9 Å². The minimum atomic E-state index is -0.483. The summed E-state index contributed by atoms with van der Waals surface area (Å²) in [6.07, 6.45) is 0. The zero-order valence-electron chi connectivity index (χ0n) is 25.6. The van der Waals surface area contributed by atoms with Crippen LogP contribution in [0.4, 0.5) is 11.4 Å². The molecule has 0 spiro atoms. The van der Waals surface area contributed by atoms with Gasteiger partial charge in [-0.2, -0.15) is 0 Å². The molecule has 48 heavy (non-hydrogen) atoms. The molecule has 236 valence electrons. The van der Waals surface area contributed by atoms with E-state index >= 15 is 0 Å². The molecule has 0 saturated heterocycles. The summed E-state index contributed by atoms with van der Waals surface area (Å²) in [5.74, 6) is -0.961. The van der Waals surface area contributed by atoms with E-state index in [1.54, 1.807) is 66.7 Å². The molecule has 0 bridgehead atoms. The Morgan fingerprint density at radius 3 is 1.23 bits per heavy atom. The Kier molecular flexibility index (Phi) is 11.6. The van der Waals surface area contributed by atoms with Gasteiger partial charge < -0.3 is 11.5 Å². The number of ketones is 2. The minimum absolute atomic E-state index is 0.405. The number of nitrogen functional groups attached to an aromatic ring is 2. The molecule has 6 aromatic carbocycles. The fourth-order valence-corrected chi connectivity index (χ4v) is 5.10. The van der Waals surface area contributed by atoms with Gasteiger partial charge in [-0.25, -0.2) is 9.97 Å². The first-order valence-corrected chi connectivity index (χ1v) is 16.5. The Morgan fingerprint density at radius 1 is 0.417 bits per heavy atom. The number of rotatable bonds is 5. The molecule has 1 heterocycles. The topological polar surface area (TPSA) is 112 Å². The second-order valence-electron chi connectivity index (χ2n) is 10.4. The number of nitrogens with two attached hydrogens (primary N) is 2. The van der Waals surface area contributed by atoms with E-state index < -0.39 is 11.6 Å². The van der Waals surface area contributed by atoms with Crippen molar-refractivity contribution in [2.45, 2.75) is 0 Å². The molecule has 0 radical (unpaired) electrons. The molecule has 0 fully saturated rings. The Bertz CT molecular complexity index is 2120. The van der Waals surface area contributed by atoms with Gasteiger partial charge in [0.25, 0.3) is 0 Å². The van der Waals surface area contributed by atoms with Crippen LogP contribution in [0.1, 0.15) is 20.7 Å². The van der Waals surface area contributed by atoms with E-state index in [4.69, 9.17) is 21.4 Å². The van der Waals surface area contributed by atoms with Crippen LogP contribution in [0.15, 0.2) is 167 Å². The van der Waals surface area contributed by atoms with Crippen LogP contribution in [-0.4, -0.2) is 21.5 Å². The van der Waals surface area contributed by atoms with Gasteiger partial charge in [-0.1, -0.05) is 129 Å². The van der Waals surface area contributed by atoms with Crippen molar-refractivity contribution in [3.8, 4) is 22.5 Å². The van der Waals surface area contributed by atoms with Crippen LogP contribution in [-0.2, 0) is 0 Å². The van der Waals surface area contributed by atoms with Crippen LogP contribution in [0.25, 0.3) is 33.5 Å². The first-order valence-electron chi connectivity index (χ1n) is 14.9. The molecule has 1 aromatic heterocycles. The second-order valence-corrected chi connectivity index (χ2v) is 12.3. The average Bonchev–Trinajstić information content (AvgIpc) is 3.13. The van der Waals surface area contributed by atoms with Gasteiger partial charge in [-0.15, -0.1) is 0 Å². The monoisotopic (exact) mass is 756 g/mol. The normalized spacial score (nSPS) is 10.2. The van der Waals surface area contributed by atoms with Crippen LogP contribution < -0.4 is 11.5 Å². The molecule has 0 aliphatic heterocycles. The summed E-state index contributed by atoms with van der Waals surface area (Å²) >= 11 is 6.77. The third-order valence-electron chi connectivity index (χ3n) is 7.08. The average molecular weight is 759 g/mol. The Labute approximate surface area is 295 Å². The maximum Gasteiger partial charge on any atom is 0.233 e. The van der Waals surface area contributed by atoms with E-state index in [0.717, 1.165) is 42.5 Å². The number of carbonyl (C=O) groups is 2. The van der Waals surface area contributed by atoms with Crippen molar-refractivity contribution in [3.05, 3.63) is 178 Å². The molecular formula is C40H30Br2N4O2. The molecule has 0 unspecified atom stereocenters. The molecule has 4 N–H and O–H groups in total. The third kappa shape index (κ3) is 8.88. The first kappa shape index (κ1) is 33.9. The number of anilines is 2. The van der Waals surface area contributed by atoms with E-state index in [1.165, 1.54) is 0 Å². The molecule has 0 amide bonds. The van der Waals surface area contributed by atoms with Crippen molar-refractivity contribution in [1.29, 1.82) is 0 Å². The molecule has 0 atom stereocenters. The lowest BCUT2D eigenvalue weighted by Gasteiger charge is -2.10. The number of para-hydroxylation sites is 4. The molecule has 7 aromatic rings. The molecule has 0 aliphatic rings. The summed E-state index contributed by atoms with van der Waals surface area (Å²) < 4.78 is 1.93.